The Hall–Kier alpha value is -2.77. The summed E-state index contributed by atoms with van der Waals surface area (Å²) in [6.45, 7) is 16.7. The van der Waals surface area contributed by atoms with Crippen LogP contribution in [0.2, 0.25) is 0 Å². The van der Waals surface area contributed by atoms with E-state index in [1.165, 1.54) is 0 Å². The van der Waals surface area contributed by atoms with Crippen molar-refractivity contribution in [2.24, 2.45) is 0 Å². The van der Waals surface area contributed by atoms with Gasteiger partial charge in [0.2, 0.25) is 0 Å². The highest BCUT2D eigenvalue weighted by Gasteiger charge is 2.26. The fourth-order valence-electron chi connectivity index (χ4n) is 3.38. The van der Waals surface area contributed by atoms with Crippen molar-refractivity contribution < 1.29 is 0 Å². The molecule has 0 spiro atoms. The molecule has 8 nitrogen and oxygen atoms in total. The molecule has 142 valence electrons. The van der Waals surface area contributed by atoms with Crippen LogP contribution < -0.4 is 5.22 Å². The van der Waals surface area contributed by atoms with Crippen molar-refractivity contribution in [2.75, 3.05) is 0 Å². The molecular weight excluding hydrogens is 340 g/mol. The van der Waals surface area contributed by atoms with E-state index in [4.69, 9.17) is 5.10 Å². The van der Waals surface area contributed by atoms with Gasteiger partial charge < -0.3 is 0 Å². The summed E-state index contributed by atoms with van der Waals surface area (Å²) in [5.41, 5.74) is 4.41. The van der Waals surface area contributed by atoms with E-state index in [2.05, 4.69) is 72.9 Å². The van der Waals surface area contributed by atoms with Gasteiger partial charge in [0.05, 0.1) is 11.4 Å². The highest BCUT2D eigenvalue weighted by molar-refractivity contribution is 5.71. The van der Waals surface area contributed by atoms with Crippen LogP contribution in [0.1, 0.15) is 70.1 Å². The summed E-state index contributed by atoms with van der Waals surface area (Å²) >= 11 is 0. The van der Waals surface area contributed by atoms with E-state index in [0.717, 1.165) is 39.3 Å². The van der Waals surface area contributed by atoms with E-state index in [-0.39, 0.29) is 10.8 Å². The summed E-state index contributed by atoms with van der Waals surface area (Å²) in [7, 11) is 0. The molecule has 0 aliphatic carbocycles. The van der Waals surface area contributed by atoms with Crippen molar-refractivity contribution in [3.63, 3.8) is 0 Å². The number of aromatic nitrogens is 8. The second kappa shape index (κ2) is 5.37. The fraction of sp³-hybridized carbons (Fsp3) is 0.526. The number of hydrogen-bond donors (Lipinski definition) is 1. The van der Waals surface area contributed by atoms with Crippen molar-refractivity contribution in [3.8, 4) is 0 Å². The maximum Gasteiger partial charge on any atom is 0.185 e. The number of aromatic amines is 1. The lowest BCUT2D eigenvalue weighted by Gasteiger charge is -2.18. The number of nitrogens with zero attached hydrogens (tertiary/aromatic N) is 7. The molecule has 0 saturated heterocycles. The van der Waals surface area contributed by atoms with Gasteiger partial charge in [0.15, 0.2) is 11.3 Å². The number of hydrogen-bond acceptors (Lipinski definition) is 5. The molecule has 4 aromatic heterocycles. The van der Waals surface area contributed by atoms with Gasteiger partial charge in [0.1, 0.15) is 11.6 Å². The zero-order valence-corrected chi connectivity index (χ0v) is 17.2. The molecule has 0 saturated carbocycles. The largest absolute Gasteiger partial charge is 0.279 e. The van der Waals surface area contributed by atoms with E-state index in [1.807, 2.05) is 13.8 Å². The van der Waals surface area contributed by atoms with Crippen molar-refractivity contribution >= 4 is 17.4 Å². The van der Waals surface area contributed by atoms with Gasteiger partial charge in [-0.15, -0.1) is 14.8 Å². The van der Waals surface area contributed by atoms with Gasteiger partial charge in [-0.3, -0.25) is 5.10 Å². The molecule has 0 amide bonds. The van der Waals surface area contributed by atoms with Crippen molar-refractivity contribution in [2.45, 2.75) is 66.2 Å². The third-order valence-corrected chi connectivity index (χ3v) is 4.58. The number of aryl methyl sites for hydroxylation is 2. The molecule has 0 fully saturated rings. The maximum absolute atomic E-state index is 4.72. The fourth-order valence-corrected chi connectivity index (χ4v) is 3.38. The molecule has 0 bridgehead atoms. The van der Waals surface area contributed by atoms with Crippen molar-refractivity contribution in [1.29, 1.82) is 0 Å². The Labute approximate surface area is 157 Å². The number of nitrogens with one attached hydrogen (secondary N) is 1. The molecular formula is C19H26N8. The second-order valence-corrected chi connectivity index (χ2v) is 9.17. The smallest absolute Gasteiger partial charge is 0.185 e. The first-order chi connectivity index (χ1) is 12.4. The molecule has 4 aromatic rings. The molecule has 1 N–H and O–H groups in total. The molecule has 0 aliphatic heterocycles. The Bertz CT molecular complexity index is 1210. The Balaban J connectivity index is 2.13. The van der Waals surface area contributed by atoms with Crippen LogP contribution in [0.25, 0.3) is 17.4 Å². The van der Waals surface area contributed by atoms with Crippen LogP contribution in [-0.4, -0.2) is 39.6 Å². The Morgan fingerprint density at radius 2 is 1.44 bits per heavy atom. The number of H-pyrrole nitrogens is 1. The first kappa shape index (κ1) is 17.6. The lowest BCUT2D eigenvalue weighted by atomic mass is 9.88. The van der Waals surface area contributed by atoms with Crippen LogP contribution in [0.15, 0.2) is 0 Å². The van der Waals surface area contributed by atoms with Crippen molar-refractivity contribution in [3.05, 3.63) is 33.8 Å². The average molecular weight is 366 g/mol. The molecule has 0 aromatic carbocycles. The van der Waals surface area contributed by atoms with Gasteiger partial charge in [-0.25, -0.2) is 9.97 Å². The lowest BCUT2D eigenvalue weighted by Crippen LogP contribution is -2.22. The molecule has 4 heterocycles. The summed E-state index contributed by atoms with van der Waals surface area (Å²) in [4.78, 5) is 9.24. The third kappa shape index (κ3) is 2.79. The highest BCUT2D eigenvalue weighted by atomic mass is 15.5. The first-order valence-electron chi connectivity index (χ1n) is 9.16. The van der Waals surface area contributed by atoms with Crippen molar-refractivity contribution in [1.82, 2.24) is 39.6 Å². The molecule has 4 rings (SSSR count). The minimum Gasteiger partial charge on any atom is -0.279 e. The molecule has 0 radical (unpaired) electrons. The first-order valence-corrected chi connectivity index (χ1v) is 9.16. The van der Waals surface area contributed by atoms with Gasteiger partial charge in [-0.2, -0.15) is 9.73 Å². The van der Waals surface area contributed by atoms with Gasteiger partial charge in [-0.1, -0.05) is 41.5 Å². The van der Waals surface area contributed by atoms with Crippen LogP contribution in [0.4, 0.5) is 0 Å². The highest BCUT2D eigenvalue weighted by Crippen LogP contribution is 2.28. The minimum atomic E-state index is -0.139. The lowest BCUT2D eigenvalue weighted by molar-refractivity contribution is 0.552. The summed E-state index contributed by atoms with van der Waals surface area (Å²) < 4.78 is 3.39. The number of fused-ring (bicyclic) bond motifs is 2. The normalized spacial score (nSPS) is 14.1. The van der Waals surface area contributed by atoms with Crippen LogP contribution in [0.5, 0.6) is 0 Å². The van der Waals surface area contributed by atoms with Gasteiger partial charge >= 0.3 is 0 Å². The summed E-state index contributed by atoms with van der Waals surface area (Å²) in [6, 6.07) is 0. The minimum absolute atomic E-state index is 0.0933. The maximum atomic E-state index is 4.72. The summed E-state index contributed by atoms with van der Waals surface area (Å²) in [6.07, 6.45) is 2.14. The predicted octanol–water partition coefficient (Wildman–Crippen LogP) is 2.25. The summed E-state index contributed by atoms with van der Waals surface area (Å²) in [5.74, 6) is 1.44. The quantitative estimate of drug-likeness (QED) is 0.558. The molecule has 0 atom stereocenters. The zero-order chi connectivity index (χ0) is 19.7. The van der Waals surface area contributed by atoms with Crippen LogP contribution in [0.3, 0.4) is 0 Å². The number of rotatable bonds is 1. The Kier molecular flexibility index (Phi) is 3.51. The predicted molar refractivity (Wildman–Crippen MR) is 104 cm³/mol. The monoisotopic (exact) mass is 366 g/mol. The molecule has 27 heavy (non-hydrogen) atoms. The molecule has 0 aliphatic rings. The van der Waals surface area contributed by atoms with Gasteiger partial charge in [0, 0.05) is 21.6 Å². The molecule has 0 unspecified atom stereocenters. The van der Waals surface area contributed by atoms with Gasteiger partial charge in [0.25, 0.3) is 0 Å². The van der Waals surface area contributed by atoms with E-state index in [9.17, 15) is 0 Å². The van der Waals surface area contributed by atoms with Crippen LogP contribution in [-0.2, 0) is 10.8 Å². The van der Waals surface area contributed by atoms with E-state index in [0.29, 0.717) is 5.82 Å². The van der Waals surface area contributed by atoms with Crippen LogP contribution in [0, 0.1) is 13.8 Å². The zero-order valence-electron chi connectivity index (χ0n) is 17.2. The average Bonchev–Trinajstić information content (AvgIpc) is 3.19. The second-order valence-electron chi connectivity index (χ2n) is 9.17. The standard InChI is InChI=1S/C19H26N8/c1-10-20-16-12(14(18(3,4)5)24-26(16)22-10)9-13-15(19(6,7)8)25-27-17(13)21-11(2)23-27/h9,24H,1-8H3. The van der Waals surface area contributed by atoms with E-state index in [1.54, 1.807) is 9.26 Å². The Morgan fingerprint density at radius 1 is 0.815 bits per heavy atom. The third-order valence-electron chi connectivity index (χ3n) is 4.58. The molecule has 8 heteroatoms. The van der Waals surface area contributed by atoms with E-state index < -0.39 is 0 Å². The van der Waals surface area contributed by atoms with Gasteiger partial charge in [-0.05, 0) is 19.9 Å². The topological polar surface area (TPSA) is 89.1 Å². The van der Waals surface area contributed by atoms with E-state index >= 15 is 0 Å². The Morgan fingerprint density at radius 3 is 2.07 bits per heavy atom. The SMILES string of the molecule is Cc1nc2c(=Cc3c(C(C)(C)C)[nH]n4nc(C)nc34)c(C(C)(C)C)nn2n1. The summed E-state index contributed by atoms with van der Waals surface area (Å²) in [5, 5.41) is 18.0. The van der Waals surface area contributed by atoms with Crippen LogP contribution >= 0.6 is 0 Å².